The van der Waals surface area contributed by atoms with Gasteiger partial charge in [-0.15, -0.1) is 0 Å². The first-order chi connectivity index (χ1) is 8.58. The van der Waals surface area contributed by atoms with Gasteiger partial charge in [0.25, 0.3) is 5.91 Å². The first-order valence-corrected chi connectivity index (χ1v) is 5.52. The van der Waals surface area contributed by atoms with Gasteiger partial charge >= 0.3 is 0 Å². The van der Waals surface area contributed by atoms with Crippen molar-refractivity contribution in [2.45, 2.75) is 0 Å². The van der Waals surface area contributed by atoms with Crippen molar-refractivity contribution in [1.82, 2.24) is 4.90 Å². The molecule has 5 nitrogen and oxygen atoms in total. The van der Waals surface area contributed by atoms with Crippen molar-refractivity contribution >= 4 is 11.8 Å². The number of nitrogens with zero attached hydrogens (tertiary/aromatic N) is 1. The molecule has 1 fully saturated rings. The lowest BCUT2D eigenvalue weighted by atomic mass is 10.00. The summed E-state index contributed by atoms with van der Waals surface area (Å²) in [4.78, 5) is 23.8. The summed E-state index contributed by atoms with van der Waals surface area (Å²) in [6.07, 6.45) is 0. The van der Waals surface area contributed by atoms with E-state index in [2.05, 4.69) is 0 Å². The molecule has 2 N–H and O–H groups in total. The molecule has 0 radical (unpaired) electrons. The summed E-state index contributed by atoms with van der Waals surface area (Å²) in [5, 5.41) is 0. The summed E-state index contributed by atoms with van der Waals surface area (Å²) in [6.45, 7) is 0.385. The Morgan fingerprint density at radius 2 is 2.06 bits per heavy atom. The molecule has 1 aliphatic heterocycles. The Morgan fingerprint density at radius 3 is 2.67 bits per heavy atom. The molecule has 18 heavy (non-hydrogen) atoms. The number of benzene rings is 1. The molecule has 1 heterocycles. The van der Waals surface area contributed by atoms with Gasteiger partial charge in [-0.05, 0) is 12.1 Å². The van der Waals surface area contributed by atoms with E-state index in [0.29, 0.717) is 13.1 Å². The average molecular weight is 252 g/mol. The number of nitrogens with two attached hydrogens (primary N) is 1. The van der Waals surface area contributed by atoms with E-state index in [1.807, 2.05) is 0 Å². The van der Waals surface area contributed by atoms with Gasteiger partial charge in [-0.2, -0.15) is 0 Å². The van der Waals surface area contributed by atoms with Crippen LogP contribution in [-0.4, -0.2) is 36.4 Å². The average Bonchev–Trinajstić information content (AvgIpc) is 2.25. The number of para-hydroxylation sites is 1. The van der Waals surface area contributed by atoms with Gasteiger partial charge in [-0.1, -0.05) is 12.1 Å². The van der Waals surface area contributed by atoms with Gasteiger partial charge in [0, 0.05) is 13.1 Å². The Balaban J connectivity index is 1.80. The molecule has 1 aliphatic rings. The van der Waals surface area contributed by atoms with Crippen LogP contribution in [0.2, 0.25) is 0 Å². The molecule has 96 valence electrons. The highest BCUT2D eigenvalue weighted by molar-refractivity contribution is 5.84. The van der Waals surface area contributed by atoms with Crippen LogP contribution in [0.5, 0.6) is 5.75 Å². The van der Waals surface area contributed by atoms with Gasteiger partial charge in [0.1, 0.15) is 0 Å². The third-order valence-corrected chi connectivity index (χ3v) is 2.82. The van der Waals surface area contributed by atoms with Crippen molar-refractivity contribution in [3.05, 3.63) is 30.1 Å². The maximum absolute atomic E-state index is 13.2. The minimum Gasteiger partial charge on any atom is -0.481 e. The third-order valence-electron chi connectivity index (χ3n) is 2.82. The van der Waals surface area contributed by atoms with E-state index < -0.39 is 11.7 Å². The third kappa shape index (κ3) is 2.58. The smallest absolute Gasteiger partial charge is 0.260 e. The number of primary amides is 1. The van der Waals surface area contributed by atoms with Crippen LogP contribution < -0.4 is 10.5 Å². The summed E-state index contributed by atoms with van der Waals surface area (Å²) in [5.74, 6) is -1.44. The standard InChI is InChI=1S/C12H13FN2O3/c13-9-3-1-2-4-10(9)18-7-11(16)15-5-8(6-15)12(14)17/h1-4,8H,5-7H2,(H2,14,17). The van der Waals surface area contributed by atoms with E-state index in [0.717, 1.165) is 0 Å². The Hall–Kier alpha value is -2.11. The van der Waals surface area contributed by atoms with Crippen molar-refractivity contribution in [2.75, 3.05) is 19.7 Å². The second kappa shape index (κ2) is 5.03. The molecule has 0 unspecified atom stereocenters. The number of halogens is 1. The lowest BCUT2D eigenvalue weighted by molar-refractivity contribution is -0.143. The molecular weight excluding hydrogens is 239 g/mol. The summed E-state index contributed by atoms with van der Waals surface area (Å²) < 4.78 is 18.3. The second-order valence-electron chi connectivity index (χ2n) is 4.12. The molecule has 2 rings (SSSR count). The topological polar surface area (TPSA) is 72.6 Å². The number of ether oxygens (including phenoxy) is 1. The molecule has 0 bridgehead atoms. The van der Waals surface area contributed by atoms with Crippen molar-refractivity contribution in [3.63, 3.8) is 0 Å². The normalized spacial score (nSPS) is 15.1. The maximum atomic E-state index is 13.2. The minimum absolute atomic E-state index is 0.0397. The Labute approximate surface area is 103 Å². The first-order valence-electron chi connectivity index (χ1n) is 5.52. The summed E-state index contributed by atoms with van der Waals surface area (Å²) in [6, 6.07) is 5.87. The summed E-state index contributed by atoms with van der Waals surface area (Å²) >= 11 is 0. The van der Waals surface area contributed by atoms with Gasteiger partial charge in [0.15, 0.2) is 18.2 Å². The van der Waals surface area contributed by atoms with Gasteiger partial charge in [0.2, 0.25) is 5.91 Å². The minimum atomic E-state index is -0.510. The molecule has 0 spiro atoms. The van der Waals surface area contributed by atoms with Crippen LogP contribution in [-0.2, 0) is 9.59 Å². The zero-order valence-electron chi connectivity index (χ0n) is 9.64. The van der Waals surface area contributed by atoms with E-state index in [1.54, 1.807) is 6.07 Å². The molecule has 2 amide bonds. The SMILES string of the molecule is NC(=O)C1CN(C(=O)COc2ccccc2F)C1. The fraction of sp³-hybridized carbons (Fsp3) is 0.333. The number of hydrogen-bond donors (Lipinski definition) is 1. The lowest BCUT2D eigenvalue weighted by Gasteiger charge is -2.37. The van der Waals surface area contributed by atoms with Gasteiger partial charge in [-0.3, -0.25) is 9.59 Å². The molecule has 0 aliphatic carbocycles. The number of amides is 2. The van der Waals surface area contributed by atoms with Crippen LogP contribution in [0, 0.1) is 11.7 Å². The van der Waals surface area contributed by atoms with Crippen LogP contribution in [0.3, 0.4) is 0 Å². The van der Waals surface area contributed by atoms with Crippen molar-refractivity contribution < 1.29 is 18.7 Å². The fourth-order valence-corrected chi connectivity index (χ4v) is 1.65. The predicted octanol–water partition coefficient (Wildman–Crippen LogP) is 0.148. The molecule has 1 saturated heterocycles. The zero-order valence-corrected chi connectivity index (χ0v) is 9.64. The van der Waals surface area contributed by atoms with Gasteiger partial charge in [-0.25, -0.2) is 4.39 Å². The van der Waals surface area contributed by atoms with Crippen LogP contribution in [0.4, 0.5) is 4.39 Å². The predicted molar refractivity (Wildman–Crippen MR) is 61.2 cm³/mol. The second-order valence-corrected chi connectivity index (χ2v) is 4.12. The Kier molecular flexibility index (Phi) is 3.45. The summed E-state index contributed by atoms with van der Waals surface area (Å²) in [7, 11) is 0. The molecule has 6 heteroatoms. The van der Waals surface area contributed by atoms with E-state index in [4.69, 9.17) is 10.5 Å². The van der Waals surface area contributed by atoms with Crippen molar-refractivity contribution in [3.8, 4) is 5.75 Å². The monoisotopic (exact) mass is 252 g/mol. The van der Waals surface area contributed by atoms with E-state index in [-0.39, 0.29) is 24.2 Å². The highest BCUT2D eigenvalue weighted by Crippen LogP contribution is 2.17. The number of carbonyl (C=O) groups excluding carboxylic acids is 2. The van der Waals surface area contributed by atoms with Crippen LogP contribution in [0.15, 0.2) is 24.3 Å². The molecule has 1 aromatic rings. The highest BCUT2D eigenvalue weighted by Gasteiger charge is 2.34. The van der Waals surface area contributed by atoms with E-state index >= 15 is 0 Å². The first kappa shape index (κ1) is 12.3. The summed E-state index contributed by atoms with van der Waals surface area (Å²) in [5.41, 5.74) is 5.09. The zero-order chi connectivity index (χ0) is 13.1. The maximum Gasteiger partial charge on any atom is 0.260 e. The van der Waals surface area contributed by atoms with Crippen LogP contribution >= 0.6 is 0 Å². The van der Waals surface area contributed by atoms with Gasteiger partial charge in [0.05, 0.1) is 5.92 Å². The number of rotatable bonds is 4. The lowest BCUT2D eigenvalue weighted by Crippen LogP contribution is -2.55. The fourth-order valence-electron chi connectivity index (χ4n) is 1.65. The number of carbonyl (C=O) groups is 2. The van der Waals surface area contributed by atoms with Crippen molar-refractivity contribution in [2.24, 2.45) is 11.7 Å². The highest BCUT2D eigenvalue weighted by atomic mass is 19.1. The molecule has 0 aromatic heterocycles. The number of likely N-dealkylation sites (tertiary alicyclic amines) is 1. The number of hydrogen-bond acceptors (Lipinski definition) is 3. The Morgan fingerprint density at radius 1 is 1.39 bits per heavy atom. The van der Waals surface area contributed by atoms with E-state index in [9.17, 15) is 14.0 Å². The molecule has 0 atom stereocenters. The Bertz CT molecular complexity index is 472. The quantitative estimate of drug-likeness (QED) is 0.829. The molecule has 1 aromatic carbocycles. The van der Waals surface area contributed by atoms with E-state index in [1.165, 1.54) is 23.1 Å². The molecular formula is C12H13FN2O3. The largest absolute Gasteiger partial charge is 0.481 e. The van der Waals surface area contributed by atoms with Gasteiger partial charge < -0.3 is 15.4 Å². The molecule has 0 saturated carbocycles. The van der Waals surface area contributed by atoms with Crippen LogP contribution in [0.25, 0.3) is 0 Å². The van der Waals surface area contributed by atoms with Crippen LogP contribution in [0.1, 0.15) is 0 Å². The van der Waals surface area contributed by atoms with Crippen molar-refractivity contribution in [1.29, 1.82) is 0 Å².